The number of ether oxygens (including phenoxy) is 2. The van der Waals surface area contributed by atoms with Crippen LogP contribution in [0.25, 0.3) is 10.1 Å². The zero-order chi connectivity index (χ0) is 48.3. The highest BCUT2D eigenvalue weighted by molar-refractivity contribution is 7.57. The summed E-state index contributed by atoms with van der Waals surface area (Å²) in [5.74, 6) is -3.51. The van der Waals surface area contributed by atoms with Crippen molar-refractivity contribution in [3.05, 3.63) is 70.6 Å². The number of benzene rings is 2. The third-order valence-electron chi connectivity index (χ3n) is 14.9. The number of nitrogens with one attached hydrogen (secondary N) is 2. The minimum Gasteiger partial charge on any atom is -0.464 e. The highest BCUT2D eigenvalue weighted by Crippen LogP contribution is 2.61. The first-order chi connectivity index (χ1) is 32.3. The number of nitrogens with zero attached hydrogens (tertiary/aromatic N) is 3. The molecule has 2 aromatic carbocycles. The van der Waals surface area contributed by atoms with E-state index in [-0.39, 0.29) is 83.6 Å². The second kappa shape index (κ2) is 19.3. The Bertz CT molecular complexity index is 2410. The van der Waals surface area contributed by atoms with Crippen LogP contribution in [-0.4, -0.2) is 119 Å². The summed E-state index contributed by atoms with van der Waals surface area (Å²) in [5, 5.41) is 6.12. The van der Waals surface area contributed by atoms with Gasteiger partial charge in [-0.3, -0.25) is 28.5 Å². The van der Waals surface area contributed by atoms with E-state index in [1.807, 2.05) is 44.0 Å². The van der Waals surface area contributed by atoms with Gasteiger partial charge in [0, 0.05) is 40.8 Å². The van der Waals surface area contributed by atoms with Crippen molar-refractivity contribution in [1.82, 2.24) is 25.1 Å². The van der Waals surface area contributed by atoms with Crippen LogP contribution in [0, 0.1) is 5.92 Å². The van der Waals surface area contributed by atoms with E-state index in [0.29, 0.717) is 55.2 Å². The number of carbonyl (C=O) groups excluding carboxylic acids is 4. The number of carbonyl (C=O) groups is 4. The molecule has 2 N–H and O–H groups in total. The van der Waals surface area contributed by atoms with E-state index in [2.05, 4.69) is 32.2 Å². The molecule has 19 heteroatoms. The zero-order valence-corrected chi connectivity index (χ0v) is 40.6. The molecule has 8 atom stereocenters. The molecule has 6 aliphatic rings. The number of amides is 3. The molecule has 3 amide bonds. The zero-order valence-electron chi connectivity index (χ0n) is 38.9. The van der Waals surface area contributed by atoms with E-state index >= 15 is 4.39 Å². The van der Waals surface area contributed by atoms with Gasteiger partial charge in [-0.1, -0.05) is 50.2 Å². The third kappa shape index (κ3) is 10.6. The molecule has 3 saturated carbocycles. The molecular formula is C49H62F4N5O8PS. The lowest BCUT2D eigenvalue weighted by atomic mass is 9.85. The predicted molar refractivity (Wildman–Crippen MR) is 248 cm³/mol. The van der Waals surface area contributed by atoms with Crippen molar-refractivity contribution in [1.29, 1.82) is 0 Å². The number of alkyl halides is 4. The van der Waals surface area contributed by atoms with Crippen molar-refractivity contribution in [3.63, 3.8) is 0 Å². The molecule has 3 saturated heterocycles. The van der Waals surface area contributed by atoms with Crippen molar-refractivity contribution in [2.45, 2.75) is 170 Å². The molecule has 3 aliphatic carbocycles. The van der Waals surface area contributed by atoms with Crippen LogP contribution in [0.5, 0.6) is 0 Å². The lowest BCUT2D eigenvalue weighted by molar-refractivity contribution is -0.354. The van der Waals surface area contributed by atoms with Gasteiger partial charge in [-0.25, -0.2) is 9.48 Å². The minimum absolute atomic E-state index is 0.0338. The van der Waals surface area contributed by atoms with Gasteiger partial charge in [0.25, 0.3) is 5.91 Å². The normalized spacial score (nSPS) is 28.7. The Labute approximate surface area is 398 Å². The van der Waals surface area contributed by atoms with Gasteiger partial charge in [0.15, 0.2) is 0 Å². The first-order valence-corrected chi connectivity index (χ1v) is 26.7. The van der Waals surface area contributed by atoms with E-state index in [1.165, 1.54) is 24.6 Å². The SMILES string of the molecule is CC(C)COC(=O)[C@H](C)NP(=O)(OC1CC1)[C@H](F)c1ccc2sc(C(=O)NC3CC[C@H](N(C)C4CC(OC(F)(F)F)C4)C[C@H]4CC[C@@H](C(=O)N5C[C@H](c6ccccc6)CC56CC6)N4C3=O)cc2c1. The number of esters is 1. The largest absolute Gasteiger partial charge is 0.522 e. The van der Waals surface area contributed by atoms with E-state index in [9.17, 15) is 36.9 Å². The molecule has 0 radical (unpaired) electrons. The predicted octanol–water partition coefficient (Wildman–Crippen LogP) is 8.98. The summed E-state index contributed by atoms with van der Waals surface area (Å²) < 4.78 is 85.8. The van der Waals surface area contributed by atoms with Crippen LogP contribution in [0.4, 0.5) is 17.6 Å². The Morgan fingerprint density at radius 2 is 1.68 bits per heavy atom. The number of thiophene rings is 1. The second-order valence-corrected chi connectivity index (χ2v) is 23.7. The number of rotatable bonds is 16. The maximum absolute atomic E-state index is 16.5. The van der Waals surface area contributed by atoms with Gasteiger partial charge in [-0.2, -0.15) is 0 Å². The molecule has 6 fully saturated rings. The van der Waals surface area contributed by atoms with Crippen LogP contribution < -0.4 is 10.4 Å². The summed E-state index contributed by atoms with van der Waals surface area (Å²) in [4.78, 5) is 62.8. The van der Waals surface area contributed by atoms with Crippen LogP contribution in [-0.2, 0) is 32.9 Å². The van der Waals surface area contributed by atoms with Crippen LogP contribution in [0.1, 0.15) is 130 Å². The monoisotopic (exact) mass is 987 g/mol. The molecular weight excluding hydrogens is 926 g/mol. The van der Waals surface area contributed by atoms with Gasteiger partial charge >= 0.3 is 19.9 Å². The summed E-state index contributed by atoms with van der Waals surface area (Å²) >= 11 is 1.15. The number of fused-ring (bicyclic) bond motifs is 2. The Morgan fingerprint density at radius 3 is 2.35 bits per heavy atom. The molecule has 1 spiro atoms. The second-order valence-electron chi connectivity index (χ2n) is 20.5. The average Bonchev–Trinajstić information content (AvgIpc) is 4.12. The Kier molecular flexibility index (Phi) is 14.0. The number of hydrogen-bond acceptors (Lipinski definition) is 10. The van der Waals surface area contributed by atoms with E-state index < -0.39 is 62.0 Å². The van der Waals surface area contributed by atoms with Crippen molar-refractivity contribution < 1.29 is 55.3 Å². The highest BCUT2D eigenvalue weighted by atomic mass is 32.1. The van der Waals surface area contributed by atoms with Gasteiger partial charge in [0.2, 0.25) is 17.7 Å². The van der Waals surface area contributed by atoms with Crippen molar-refractivity contribution >= 4 is 52.6 Å². The first-order valence-electron chi connectivity index (χ1n) is 24.2. The van der Waals surface area contributed by atoms with Gasteiger partial charge in [-0.05, 0) is 132 Å². The summed E-state index contributed by atoms with van der Waals surface area (Å²) in [6, 6.07) is 12.9. The lowest BCUT2D eigenvalue weighted by Crippen LogP contribution is -2.60. The van der Waals surface area contributed by atoms with Crippen LogP contribution in [0.15, 0.2) is 54.6 Å². The fourth-order valence-corrected chi connectivity index (χ4v) is 13.9. The van der Waals surface area contributed by atoms with E-state index in [4.69, 9.17) is 9.26 Å². The van der Waals surface area contributed by atoms with Gasteiger partial charge in [0.05, 0.1) is 23.7 Å². The van der Waals surface area contributed by atoms with Gasteiger partial charge < -0.3 is 29.3 Å². The summed E-state index contributed by atoms with van der Waals surface area (Å²) in [6.45, 7) is 5.92. The Morgan fingerprint density at radius 1 is 0.941 bits per heavy atom. The van der Waals surface area contributed by atoms with Crippen LogP contribution in [0.2, 0.25) is 0 Å². The van der Waals surface area contributed by atoms with E-state index in [1.54, 1.807) is 17.0 Å². The molecule has 68 heavy (non-hydrogen) atoms. The standard InChI is InChI=1S/C49H62F4N5O8PS/c1-28(2)27-64-47(62)29(3)55-67(63,66-37-13-14-37)43(50)31-10-17-41-32(20-31)21-42(68-41)44(59)54-39-15-11-34(56(4)36-23-38(24-36)65-49(51,52)53)22-35-12-16-40(58(35)45(39)60)46(61)57-26-33(25-48(57)18-19-48)30-8-6-5-7-9-30/h5-10,17,20-21,28-29,33-40,43H,11-16,18-19,22-27H2,1-4H3,(H,54,59)(H,55,63)/t29-,33+,34-,35+,36?,38?,39?,40-,43-,67?/m0/s1. The van der Waals surface area contributed by atoms with Crippen molar-refractivity contribution in [2.24, 2.45) is 5.92 Å². The fourth-order valence-electron chi connectivity index (χ4n) is 10.8. The van der Waals surface area contributed by atoms with Gasteiger partial charge in [-0.15, -0.1) is 24.5 Å². The molecule has 370 valence electrons. The quantitative estimate of drug-likeness (QED) is 0.0810. The average molecular weight is 988 g/mol. The molecule has 13 nitrogen and oxygen atoms in total. The fraction of sp³-hybridized carbons (Fsp3) is 0.633. The van der Waals surface area contributed by atoms with Crippen molar-refractivity contribution in [2.75, 3.05) is 20.2 Å². The first kappa shape index (κ1) is 49.1. The highest BCUT2D eigenvalue weighted by Gasteiger charge is 2.59. The maximum Gasteiger partial charge on any atom is 0.522 e. The molecule has 9 rings (SSSR count). The summed E-state index contributed by atoms with van der Waals surface area (Å²) in [6.07, 6.45) is 0.536. The van der Waals surface area contributed by atoms with Crippen LogP contribution >= 0.6 is 18.9 Å². The third-order valence-corrected chi connectivity index (χ3v) is 18.3. The number of hydrogen-bond donors (Lipinski definition) is 2. The lowest BCUT2D eigenvalue weighted by Gasteiger charge is -2.47. The molecule has 2 unspecified atom stereocenters. The van der Waals surface area contributed by atoms with Gasteiger partial charge in [0.1, 0.15) is 18.1 Å². The topological polar surface area (TPSA) is 147 Å². The summed E-state index contributed by atoms with van der Waals surface area (Å²) in [5.41, 5.74) is 0.976. The molecule has 3 aliphatic heterocycles. The Hall–Kier alpha value is -3.93. The van der Waals surface area contributed by atoms with E-state index in [0.717, 1.165) is 30.6 Å². The Balaban J connectivity index is 0.937. The molecule has 1 aromatic heterocycles. The molecule has 0 bridgehead atoms. The maximum atomic E-state index is 16.5. The van der Waals surface area contributed by atoms with Crippen molar-refractivity contribution in [3.8, 4) is 0 Å². The number of halogens is 4. The smallest absolute Gasteiger partial charge is 0.464 e. The summed E-state index contributed by atoms with van der Waals surface area (Å²) in [7, 11) is -2.41. The molecule has 4 heterocycles. The minimum atomic E-state index is -4.72. The van der Waals surface area contributed by atoms with Crippen LogP contribution in [0.3, 0.4) is 0 Å². The molecule has 3 aromatic rings. The number of likely N-dealkylation sites (tertiary alicyclic amines) is 1.